The number of benzene rings is 2. The predicted molar refractivity (Wildman–Crippen MR) is 118 cm³/mol. The Morgan fingerprint density at radius 1 is 0.897 bits per heavy atom. The number of hydrogen-bond acceptors (Lipinski definition) is 4. The van der Waals surface area contributed by atoms with Gasteiger partial charge in [0.15, 0.2) is 11.5 Å². The minimum absolute atomic E-state index is 0.324. The lowest BCUT2D eigenvalue weighted by Crippen LogP contribution is -2.20. The maximum Gasteiger partial charge on any atom is 0.323 e. The van der Waals surface area contributed by atoms with E-state index in [1.54, 1.807) is 12.1 Å². The van der Waals surface area contributed by atoms with Crippen LogP contribution in [0, 0.1) is 0 Å². The van der Waals surface area contributed by atoms with E-state index in [0.29, 0.717) is 48.7 Å². The molecule has 1 atom stereocenters. The Bertz CT molecular complexity index is 780. The molecule has 29 heavy (non-hydrogen) atoms. The first-order valence-corrected chi connectivity index (χ1v) is 10.3. The molecule has 0 spiro atoms. The zero-order chi connectivity index (χ0) is 21.2. The summed E-state index contributed by atoms with van der Waals surface area (Å²) in [6.07, 6.45) is 0.995. The molecule has 2 aromatic carbocycles. The Balaban J connectivity index is 2.26. The van der Waals surface area contributed by atoms with Crippen molar-refractivity contribution in [2.75, 3.05) is 30.5 Å². The van der Waals surface area contributed by atoms with E-state index in [2.05, 4.69) is 24.5 Å². The lowest BCUT2D eigenvalue weighted by atomic mass is 9.97. The molecule has 0 aliphatic rings. The van der Waals surface area contributed by atoms with Crippen LogP contribution in [0.25, 0.3) is 0 Å². The van der Waals surface area contributed by atoms with E-state index in [1.807, 2.05) is 45.0 Å². The summed E-state index contributed by atoms with van der Waals surface area (Å²) in [5.41, 5.74) is 2.49. The van der Waals surface area contributed by atoms with Gasteiger partial charge in [-0.25, -0.2) is 4.79 Å². The minimum Gasteiger partial charge on any atom is -0.490 e. The molecule has 2 amide bonds. The van der Waals surface area contributed by atoms with Gasteiger partial charge in [-0.3, -0.25) is 0 Å². The first kappa shape index (κ1) is 22.4. The predicted octanol–water partition coefficient (Wildman–Crippen LogP) is 6.04. The number of para-hydroxylation sites is 1. The third-order valence-electron chi connectivity index (χ3n) is 4.52. The molecule has 158 valence electrons. The second-order valence-corrected chi connectivity index (χ2v) is 6.58. The Labute approximate surface area is 173 Å². The second kappa shape index (κ2) is 11.2. The van der Waals surface area contributed by atoms with Crippen LogP contribution in [0.4, 0.5) is 16.2 Å². The van der Waals surface area contributed by atoms with Crippen LogP contribution in [0.3, 0.4) is 0 Å². The van der Waals surface area contributed by atoms with E-state index in [9.17, 15) is 4.79 Å². The Morgan fingerprint density at radius 2 is 1.48 bits per heavy atom. The first-order chi connectivity index (χ1) is 14.0. The third-order valence-corrected chi connectivity index (χ3v) is 4.52. The van der Waals surface area contributed by atoms with Crippen LogP contribution < -0.4 is 24.8 Å². The normalized spacial score (nSPS) is 11.5. The van der Waals surface area contributed by atoms with Gasteiger partial charge in [-0.15, -0.1) is 0 Å². The van der Waals surface area contributed by atoms with Crippen molar-refractivity contribution in [2.24, 2.45) is 0 Å². The molecule has 2 N–H and O–H groups in total. The molecule has 0 saturated heterocycles. The maximum absolute atomic E-state index is 12.7. The highest BCUT2D eigenvalue weighted by molar-refractivity contribution is 6.00. The molecule has 1 unspecified atom stereocenters. The highest BCUT2D eigenvalue weighted by atomic mass is 16.5. The molecule has 2 aromatic rings. The summed E-state index contributed by atoms with van der Waals surface area (Å²) in [4.78, 5) is 12.7. The van der Waals surface area contributed by atoms with Crippen LogP contribution >= 0.6 is 0 Å². The molecule has 0 aliphatic heterocycles. The van der Waals surface area contributed by atoms with Gasteiger partial charge in [0.05, 0.1) is 25.5 Å². The van der Waals surface area contributed by atoms with Crippen molar-refractivity contribution in [1.29, 1.82) is 0 Å². The smallest absolute Gasteiger partial charge is 0.323 e. The van der Waals surface area contributed by atoms with Crippen molar-refractivity contribution in [1.82, 2.24) is 0 Å². The molecule has 6 heteroatoms. The van der Waals surface area contributed by atoms with Gasteiger partial charge in [-0.2, -0.15) is 0 Å². The van der Waals surface area contributed by atoms with Gasteiger partial charge >= 0.3 is 6.03 Å². The van der Waals surface area contributed by atoms with Crippen molar-refractivity contribution in [2.45, 2.75) is 47.0 Å². The Morgan fingerprint density at radius 3 is 2.03 bits per heavy atom. The number of hydrogen-bond donors (Lipinski definition) is 2. The monoisotopic (exact) mass is 400 g/mol. The van der Waals surface area contributed by atoms with Crippen LogP contribution in [0.15, 0.2) is 36.4 Å². The van der Waals surface area contributed by atoms with Gasteiger partial charge in [-0.1, -0.05) is 32.0 Å². The molecule has 2 rings (SSSR count). The first-order valence-electron chi connectivity index (χ1n) is 10.3. The number of ether oxygens (including phenoxy) is 3. The third kappa shape index (κ3) is 6.04. The van der Waals surface area contributed by atoms with Gasteiger partial charge in [0.1, 0.15) is 0 Å². The van der Waals surface area contributed by atoms with Gasteiger partial charge in [0, 0.05) is 17.8 Å². The molecule has 0 saturated carbocycles. The fraction of sp³-hybridized carbons (Fsp3) is 0.435. The number of carbonyl (C=O) groups excluding carboxylic acids is 1. The zero-order valence-corrected chi connectivity index (χ0v) is 18.0. The van der Waals surface area contributed by atoms with E-state index in [-0.39, 0.29) is 6.03 Å². The number of nitrogens with one attached hydrogen (secondary N) is 2. The number of rotatable bonds is 10. The zero-order valence-electron chi connectivity index (χ0n) is 18.0. The fourth-order valence-electron chi connectivity index (χ4n) is 3.01. The average molecular weight is 401 g/mol. The Hall–Kier alpha value is -2.89. The minimum atomic E-state index is -0.324. The molecule has 0 aromatic heterocycles. The topological polar surface area (TPSA) is 68.8 Å². The van der Waals surface area contributed by atoms with E-state index < -0.39 is 0 Å². The molecule has 0 heterocycles. The van der Waals surface area contributed by atoms with Gasteiger partial charge in [0.25, 0.3) is 0 Å². The largest absolute Gasteiger partial charge is 0.490 e. The van der Waals surface area contributed by atoms with Crippen LogP contribution in [0.1, 0.15) is 52.5 Å². The summed E-state index contributed by atoms with van der Waals surface area (Å²) in [6, 6.07) is 11.0. The van der Waals surface area contributed by atoms with Crippen molar-refractivity contribution in [3.63, 3.8) is 0 Å². The van der Waals surface area contributed by atoms with Crippen molar-refractivity contribution in [3.8, 4) is 17.2 Å². The summed E-state index contributed by atoms with van der Waals surface area (Å²) in [7, 11) is 0. The van der Waals surface area contributed by atoms with Crippen molar-refractivity contribution in [3.05, 3.63) is 42.0 Å². The SMILES string of the molecule is CCOc1cc(NC(=O)Nc2ccccc2C(C)CC)cc(OCC)c1OCC. The molecule has 0 radical (unpaired) electrons. The summed E-state index contributed by atoms with van der Waals surface area (Å²) in [6.45, 7) is 11.4. The molecule has 0 aliphatic carbocycles. The molecular weight excluding hydrogens is 368 g/mol. The average Bonchev–Trinajstić information content (AvgIpc) is 2.70. The highest BCUT2D eigenvalue weighted by Gasteiger charge is 2.17. The molecule has 0 bridgehead atoms. The molecular formula is C23H32N2O4. The van der Waals surface area contributed by atoms with E-state index in [4.69, 9.17) is 14.2 Å². The summed E-state index contributed by atoms with van der Waals surface area (Å²) < 4.78 is 17.1. The summed E-state index contributed by atoms with van der Waals surface area (Å²) in [5, 5.41) is 5.83. The summed E-state index contributed by atoms with van der Waals surface area (Å²) in [5.74, 6) is 1.97. The molecule has 6 nitrogen and oxygen atoms in total. The van der Waals surface area contributed by atoms with E-state index >= 15 is 0 Å². The summed E-state index contributed by atoms with van der Waals surface area (Å²) >= 11 is 0. The van der Waals surface area contributed by atoms with Crippen molar-refractivity contribution < 1.29 is 19.0 Å². The van der Waals surface area contributed by atoms with Crippen molar-refractivity contribution >= 4 is 17.4 Å². The van der Waals surface area contributed by atoms with E-state index in [1.165, 1.54) is 0 Å². The number of urea groups is 1. The maximum atomic E-state index is 12.7. The lowest BCUT2D eigenvalue weighted by molar-refractivity contribution is 0.260. The van der Waals surface area contributed by atoms with Gasteiger partial charge in [-0.05, 0) is 44.7 Å². The second-order valence-electron chi connectivity index (χ2n) is 6.58. The highest BCUT2D eigenvalue weighted by Crippen LogP contribution is 2.41. The van der Waals surface area contributed by atoms with Crippen LogP contribution in [0.2, 0.25) is 0 Å². The lowest BCUT2D eigenvalue weighted by Gasteiger charge is -2.18. The van der Waals surface area contributed by atoms with Crippen LogP contribution in [-0.4, -0.2) is 25.9 Å². The molecule has 0 fully saturated rings. The van der Waals surface area contributed by atoms with Crippen LogP contribution in [-0.2, 0) is 0 Å². The fourth-order valence-corrected chi connectivity index (χ4v) is 3.01. The standard InChI is InChI=1S/C23H32N2O4/c1-6-16(5)18-12-10-11-13-19(18)25-23(26)24-17-14-20(27-7-2)22(29-9-4)21(15-17)28-8-3/h10-16H,6-9H2,1-5H3,(H2,24,25,26). The van der Waals surface area contributed by atoms with Gasteiger partial charge < -0.3 is 24.8 Å². The number of carbonyl (C=O) groups is 1. The van der Waals surface area contributed by atoms with E-state index in [0.717, 1.165) is 17.7 Å². The number of anilines is 2. The number of amides is 2. The Kier molecular flexibility index (Phi) is 8.65. The van der Waals surface area contributed by atoms with Gasteiger partial charge in [0.2, 0.25) is 5.75 Å². The van der Waals surface area contributed by atoms with Crippen LogP contribution in [0.5, 0.6) is 17.2 Å². The quantitative estimate of drug-likeness (QED) is 0.510.